The number of hydrogen-bond acceptors (Lipinski definition) is 4. The van der Waals surface area contributed by atoms with E-state index < -0.39 is 12.0 Å². The van der Waals surface area contributed by atoms with Crippen LogP contribution in [0.25, 0.3) is 0 Å². The second kappa shape index (κ2) is 6.58. The Balaban J connectivity index is 1.93. The molecule has 0 bridgehead atoms. The Hall–Kier alpha value is -2.08. The molecule has 114 valence electrons. The van der Waals surface area contributed by atoms with E-state index in [1.54, 1.807) is 4.90 Å². The van der Waals surface area contributed by atoms with Gasteiger partial charge in [0.15, 0.2) is 0 Å². The molecule has 1 atom stereocenters. The molecule has 6 heteroatoms. The Bertz CT molecular complexity index is 544. The van der Waals surface area contributed by atoms with Gasteiger partial charge < -0.3 is 15.2 Å². The highest BCUT2D eigenvalue weighted by molar-refractivity contribution is 5.83. The summed E-state index contributed by atoms with van der Waals surface area (Å²) < 4.78 is 5.72. The van der Waals surface area contributed by atoms with Gasteiger partial charge >= 0.3 is 5.97 Å². The van der Waals surface area contributed by atoms with Crippen molar-refractivity contribution >= 4 is 11.9 Å². The second-order valence-corrected chi connectivity index (χ2v) is 5.25. The Labute approximate surface area is 123 Å². The molecule has 1 unspecified atom stereocenters. The maximum atomic E-state index is 11.4. The largest absolute Gasteiger partial charge is 0.492 e. The number of piperazine rings is 1. The van der Waals surface area contributed by atoms with E-state index in [9.17, 15) is 9.59 Å². The van der Waals surface area contributed by atoms with E-state index in [4.69, 9.17) is 9.84 Å². The SMILES string of the molecule is Cc1ccc(C)c(OCCN2CC(=O)NCC2C(=O)O)c1. The van der Waals surface area contributed by atoms with Gasteiger partial charge in [0.05, 0.1) is 6.54 Å². The van der Waals surface area contributed by atoms with Gasteiger partial charge in [0.2, 0.25) is 5.91 Å². The van der Waals surface area contributed by atoms with Crippen LogP contribution in [0.3, 0.4) is 0 Å². The molecule has 21 heavy (non-hydrogen) atoms. The van der Waals surface area contributed by atoms with Crippen LogP contribution in [0, 0.1) is 13.8 Å². The number of carboxylic acid groups (broad SMARTS) is 1. The standard InChI is InChI=1S/C15H20N2O4/c1-10-3-4-11(2)13(7-10)21-6-5-17-9-14(18)16-8-12(17)15(19)20/h3-4,7,12H,5-6,8-9H2,1-2H3,(H,16,18)(H,19,20). The first-order valence-electron chi connectivity index (χ1n) is 6.91. The summed E-state index contributed by atoms with van der Waals surface area (Å²) in [7, 11) is 0. The summed E-state index contributed by atoms with van der Waals surface area (Å²) in [6, 6.07) is 5.26. The van der Waals surface area contributed by atoms with Crippen LogP contribution in [-0.4, -0.2) is 54.2 Å². The number of carboxylic acids is 1. The molecule has 1 aromatic rings. The Morgan fingerprint density at radius 1 is 1.48 bits per heavy atom. The fourth-order valence-corrected chi connectivity index (χ4v) is 2.30. The molecule has 1 amide bonds. The van der Waals surface area contributed by atoms with Crippen molar-refractivity contribution in [3.8, 4) is 5.75 Å². The smallest absolute Gasteiger partial charge is 0.322 e. The van der Waals surface area contributed by atoms with Gasteiger partial charge in [-0.3, -0.25) is 14.5 Å². The fraction of sp³-hybridized carbons (Fsp3) is 0.467. The van der Waals surface area contributed by atoms with Crippen LogP contribution in [0.2, 0.25) is 0 Å². The zero-order chi connectivity index (χ0) is 15.4. The van der Waals surface area contributed by atoms with E-state index in [0.717, 1.165) is 16.9 Å². The van der Waals surface area contributed by atoms with Gasteiger partial charge in [0, 0.05) is 13.1 Å². The minimum absolute atomic E-state index is 0.0904. The maximum Gasteiger partial charge on any atom is 0.322 e. The predicted molar refractivity (Wildman–Crippen MR) is 77.4 cm³/mol. The summed E-state index contributed by atoms with van der Waals surface area (Å²) in [4.78, 5) is 24.2. The molecule has 1 fully saturated rings. The lowest BCUT2D eigenvalue weighted by Gasteiger charge is -2.32. The van der Waals surface area contributed by atoms with Crippen LogP contribution in [0.5, 0.6) is 5.75 Å². The Kier molecular flexibility index (Phi) is 4.80. The maximum absolute atomic E-state index is 11.4. The first kappa shape index (κ1) is 15.3. The summed E-state index contributed by atoms with van der Waals surface area (Å²) >= 11 is 0. The van der Waals surface area contributed by atoms with E-state index in [2.05, 4.69) is 5.32 Å². The highest BCUT2D eigenvalue weighted by atomic mass is 16.5. The van der Waals surface area contributed by atoms with Crippen molar-refractivity contribution in [2.75, 3.05) is 26.2 Å². The van der Waals surface area contributed by atoms with Crippen molar-refractivity contribution in [1.82, 2.24) is 10.2 Å². The van der Waals surface area contributed by atoms with E-state index in [1.165, 1.54) is 0 Å². The van der Waals surface area contributed by atoms with Crippen molar-refractivity contribution < 1.29 is 19.4 Å². The molecule has 2 N–H and O–H groups in total. The first-order chi connectivity index (χ1) is 9.97. The summed E-state index contributed by atoms with van der Waals surface area (Å²) in [5, 5.41) is 11.7. The minimum atomic E-state index is -0.929. The third-order valence-corrected chi connectivity index (χ3v) is 3.54. The van der Waals surface area contributed by atoms with Gasteiger partial charge in [0.25, 0.3) is 0 Å². The summed E-state index contributed by atoms with van der Waals surface area (Å²) in [6.45, 7) is 4.93. The molecule has 2 rings (SSSR count). The molecule has 0 radical (unpaired) electrons. The number of nitrogens with one attached hydrogen (secondary N) is 1. The molecule has 1 aromatic carbocycles. The third kappa shape index (κ3) is 3.95. The normalized spacial score (nSPS) is 19.1. The lowest BCUT2D eigenvalue weighted by molar-refractivity contribution is -0.146. The molecule has 0 spiro atoms. The molecule has 0 aliphatic carbocycles. The molecular formula is C15H20N2O4. The van der Waals surface area contributed by atoms with Crippen LogP contribution in [0.4, 0.5) is 0 Å². The topological polar surface area (TPSA) is 78.9 Å². The van der Waals surface area contributed by atoms with Crippen LogP contribution >= 0.6 is 0 Å². The molecule has 6 nitrogen and oxygen atoms in total. The van der Waals surface area contributed by atoms with Crippen molar-refractivity contribution in [3.05, 3.63) is 29.3 Å². The number of carbonyl (C=O) groups is 2. The second-order valence-electron chi connectivity index (χ2n) is 5.25. The van der Waals surface area contributed by atoms with Gasteiger partial charge in [-0.2, -0.15) is 0 Å². The molecular weight excluding hydrogens is 272 g/mol. The van der Waals surface area contributed by atoms with E-state index in [-0.39, 0.29) is 19.0 Å². The Morgan fingerprint density at radius 3 is 2.95 bits per heavy atom. The van der Waals surface area contributed by atoms with E-state index in [1.807, 2.05) is 32.0 Å². The third-order valence-electron chi connectivity index (χ3n) is 3.54. The van der Waals surface area contributed by atoms with Gasteiger partial charge in [-0.15, -0.1) is 0 Å². The molecule has 0 saturated carbocycles. The summed E-state index contributed by atoms with van der Waals surface area (Å²) in [5.74, 6) is -0.288. The number of ether oxygens (including phenoxy) is 1. The number of aryl methyl sites for hydroxylation is 2. The molecule has 0 aromatic heterocycles. The molecule has 1 aliphatic rings. The Morgan fingerprint density at radius 2 is 2.24 bits per heavy atom. The summed E-state index contributed by atoms with van der Waals surface area (Å²) in [6.07, 6.45) is 0. The highest BCUT2D eigenvalue weighted by Gasteiger charge is 2.31. The zero-order valence-corrected chi connectivity index (χ0v) is 12.3. The van der Waals surface area contributed by atoms with Gasteiger partial charge in [-0.25, -0.2) is 0 Å². The van der Waals surface area contributed by atoms with Crippen molar-refractivity contribution in [3.63, 3.8) is 0 Å². The number of amides is 1. The fourth-order valence-electron chi connectivity index (χ4n) is 2.30. The highest BCUT2D eigenvalue weighted by Crippen LogP contribution is 2.19. The number of carbonyl (C=O) groups excluding carboxylic acids is 1. The van der Waals surface area contributed by atoms with Crippen molar-refractivity contribution in [1.29, 1.82) is 0 Å². The minimum Gasteiger partial charge on any atom is -0.492 e. The van der Waals surface area contributed by atoms with Gasteiger partial charge in [-0.05, 0) is 31.0 Å². The van der Waals surface area contributed by atoms with Crippen LogP contribution < -0.4 is 10.1 Å². The van der Waals surface area contributed by atoms with Gasteiger partial charge in [0.1, 0.15) is 18.4 Å². The van der Waals surface area contributed by atoms with E-state index in [0.29, 0.717) is 13.2 Å². The van der Waals surface area contributed by atoms with E-state index >= 15 is 0 Å². The lowest BCUT2D eigenvalue weighted by Crippen LogP contribution is -2.58. The predicted octanol–water partition coefficient (Wildman–Crippen LogP) is 0.567. The first-order valence-corrected chi connectivity index (χ1v) is 6.91. The van der Waals surface area contributed by atoms with Crippen LogP contribution in [0.15, 0.2) is 18.2 Å². The monoisotopic (exact) mass is 292 g/mol. The van der Waals surface area contributed by atoms with Crippen molar-refractivity contribution in [2.24, 2.45) is 0 Å². The number of benzene rings is 1. The quantitative estimate of drug-likeness (QED) is 0.829. The lowest BCUT2D eigenvalue weighted by atomic mass is 10.1. The average molecular weight is 292 g/mol. The average Bonchev–Trinajstić information content (AvgIpc) is 2.42. The molecule has 1 aliphatic heterocycles. The summed E-state index contributed by atoms with van der Waals surface area (Å²) in [5.41, 5.74) is 2.14. The van der Waals surface area contributed by atoms with Gasteiger partial charge in [-0.1, -0.05) is 12.1 Å². The number of aliphatic carboxylic acids is 1. The van der Waals surface area contributed by atoms with Crippen LogP contribution in [0.1, 0.15) is 11.1 Å². The zero-order valence-electron chi connectivity index (χ0n) is 12.3. The number of nitrogens with zero attached hydrogens (tertiary/aromatic N) is 1. The molecule has 1 heterocycles. The van der Waals surface area contributed by atoms with Crippen molar-refractivity contribution in [2.45, 2.75) is 19.9 Å². The number of rotatable bonds is 5. The number of hydrogen-bond donors (Lipinski definition) is 2. The molecule has 1 saturated heterocycles. The van der Waals surface area contributed by atoms with Crippen LogP contribution in [-0.2, 0) is 9.59 Å².